The lowest BCUT2D eigenvalue weighted by molar-refractivity contribution is 0.214. The highest BCUT2D eigenvalue weighted by Gasteiger charge is 2.08. The van der Waals surface area contributed by atoms with Gasteiger partial charge in [0.15, 0.2) is 0 Å². The van der Waals surface area contributed by atoms with E-state index in [2.05, 4.69) is 44.7 Å². The first-order valence-electron chi connectivity index (χ1n) is 7.08. The van der Waals surface area contributed by atoms with Crippen molar-refractivity contribution in [3.8, 4) is 0 Å². The van der Waals surface area contributed by atoms with Gasteiger partial charge in [0.1, 0.15) is 0 Å². The van der Waals surface area contributed by atoms with Gasteiger partial charge >= 0.3 is 0 Å². The van der Waals surface area contributed by atoms with Gasteiger partial charge in [-0.05, 0) is 45.8 Å². The second kappa shape index (κ2) is 9.86. The summed E-state index contributed by atoms with van der Waals surface area (Å²) < 4.78 is 0. The summed E-state index contributed by atoms with van der Waals surface area (Å²) in [7, 11) is 4.28. The van der Waals surface area contributed by atoms with Gasteiger partial charge in [0.25, 0.3) is 0 Å². The molecule has 0 aromatic carbocycles. The van der Waals surface area contributed by atoms with E-state index in [1.807, 2.05) is 0 Å². The Morgan fingerprint density at radius 2 is 1.71 bits per heavy atom. The molecule has 3 heteroatoms. The van der Waals surface area contributed by atoms with Crippen LogP contribution in [0.3, 0.4) is 0 Å². The molecule has 0 aromatic heterocycles. The summed E-state index contributed by atoms with van der Waals surface area (Å²) in [6.07, 6.45) is 3.49. The van der Waals surface area contributed by atoms with Gasteiger partial charge in [0, 0.05) is 25.7 Å². The SMILES string of the molecule is CCC(N)CCCN(CCN(C)C)CC(C)C. The summed E-state index contributed by atoms with van der Waals surface area (Å²) in [5, 5.41) is 0. The second-order valence-electron chi connectivity index (χ2n) is 5.81. The zero-order chi connectivity index (χ0) is 13.3. The Kier molecular flexibility index (Phi) is 9.79. The van der Waals surface area contributed by atoms with Gasteiger partial charge in [-0.25, -0.2) is 0 Å². The number of rotatable bonds is 10. The highest BCUT2D eigenvalue weighted by molar-refractivity contribution is 4.65. The highest BCUT2D eigenvalue weighted by Crippen LogP contribution is 2.04. The number of hydrogen-bond acceptors (Lipinski definition) is 3. The van der Waals surface area contributed by atoms with Crippen molar-refractivity contribution in [1.82, 2.24) is 9.80 Å². The molecule has 0 saturated carbocycles. The predicted molar refractivity (Wildman–Crippen MR) is 77.3 cm³/mol. The van der Waals surface area contributed by atoms with E-state index in [0.717, 1.165) is 25.3 Å². The molecule has 0 saturated heterocycles. The van der Waals surface area contributed by atoms with Gasteiger partial charge in [0.05, 0.1) is 0 Å². The fraction of sp³-hybridized carbons (Fsp3) is 1.00. The first-order chi connectivity index (χ1) is 7.95. The molecule has 0 aromatic rings. The number of hydrogen-bond donors (Lipinski definition) is 1. The van der Waals surface area contributed by atoms with E-state index in [9.17, 15) is 0 Å². The van der Waals surface area contributed by atoms with E-state index < -0.39 is 0 Å². The van der Waals surface area contributed by atoms with Crippen LogP contribution in [-0.2, 0) is 0 Å². The van der Waals surface area contributed by atoms with Crippen LogP contribution in [0.15, 0.2) is 0 Å². The van der Waals surface area contributed by atoms with Crippen LogP contribution in [0, 0.1) is 5.92 Å². The van der Waals surface area contributed by atoms with Crippen LogP contribution < -0.4 is 5.73 Å². The average Bonchev–Trinajstić information content (AvgIpc) is 2.24. The zero-order valence-corrected chi connectivity index (χ0v) is 12.6. The number of nitrogens with two attached hydrogens (primary N) is 1. The summed E-state index contributed by atoms with van der Waals surface area (Å²) in [6.45, 7) is 11.5. The first kappa shape index (κ1) is 16.9. The number of likely N-dealkylation sites (N-methyl/N-ethyl adjacent to an activating group) is 1. The fourth-order valence-corrected chi connectivity index (χ4v) is 1.93. The van der Waals surface area contributed by atoms with Gasteiger partial charge in [-0.15, -0.1) is 0 Å². The van der Waals surface area contributed by atoms with Gasteiger partial charge < -0.3 is 15.5 Å². The molecule has 2 N–H and O–H groups in total. The highest BCUT2D eigenvalue weighted by atomic mass is 15.2. The Labute approximate surface area is 108 Å². The Morgan fingerprint density at radius 1 is 1.06 bits per heavy atom. The van der Waals surface area contributed by atoms with Crippen molar-refractivity contribution in [2.24, 2.45) is 11.7 Å². The Balaban J connectivity index is 3.84. The van der Waals surface area contributed by atoms with Crippen molar-refractivity contribution in [3.63, 3.8) is 0 Å². The maximum atomic E-state index is 5.96. The zero-order valence-electron chi connectivity index (χ0n) is 12.6. The molecule has 0 heterocycles. The van der Waals surface area contributed by atoms with E-state index >= 15 is 0 Å². The minimum atomic E-state index is 0.393. The molecule has 1 atom stereocenters. The Morgan fingerprint density at radius 3 is 2.18 bits per heavy atom. The smallest absolute Gasteiger partial charge is 0.0109 e. The van der Waals surface area contributed by atoms with Crippen LogP contribution in [0.2, 0.25) is 0 Å². The monoisotopic (exact) mass is 243 g/mol. The summed E-state index contributed by atoms with van der Waals surface area (Å²) >= 11 is 0. The van der Waals surface area contributed by atoms with E-state index in [1.165, 1.54) is 26.1 Å². The standard InChI is InChI=1S/C14H33N3/c1-6-14(15)8-7-9-17(12-13(2)3)11-10-16(4)5/h13-14H,6-12,15H2,1-5H3. The maximum Gasteiger partial charge on any atom is 0.0109 e. The lowest BCUT2D eigenvalue weighted by Crippen LogP contribution is -2.35. The molecule has 0 rings (SSSR count). The van der Waals surface area contributed by atoms with Crippen LogP contribution in [0.1, 0.15) is 40.0 Å². The van der Waals surface area contributed by atoms with Gasteiger partial charge in [-0.1, -0.05) is 20.8 Å². The Bertz CT molecular complexity index is 169. The molecule has 1 unspecified atom stereocenters. The van der Waals surface area contributed by atoms with Crippen LogP contribution in [0.5, 0.6) is 0 Å². The third-order valence-corrected chi connectivity index (χ3v) is 3.06. The molecule has 0 aliphatic heterocycles. The fourth-order valence-electron chi connectivity index (χ4n) is 1.93. The summed E-state index contributed by atoms with van der Waals surface area (Å²) in [4.78, 5) is 4.83. The van der Waals surface area contributed by atoms with Crippen molar-refractivity contribution in [2.75, 3.05) is 40.3 Å². The van der Waals surface area contributed by atoms with Crippen LogP contribution in [0.25, 0.3) is 0 Å². The van der Waals surface area contributed by atoms with Crippen molar-refractivity contribution >= 4 is 0 Å². The third kappa shape index (κ3) is 10.7. The molecule has 0 fully saturated rings. The Hall–Kier alpha value is -0.120. The molecule has 17 heavy (non-hydrogen) atoms. The van der Waals surface area contributed by atoms with Gasteiger partial charge in [0.2, 0.25) is 0 Å². The molecule has 0 bridgehead atoms. The molecule has 0 aliphatic carbocycles. The van der Waals surface area contributed by atoms with E-state index in [-0.39, 0.29) is 0 Å². The summed E-state index contributed by atoms with van der Waals surface area (Å²) in [5.74, 6) is 0.747. The van der Waals surface area contributed by atoms with E-state index in [0.29, 0.717) is 6.04 Å². The van der Waals surface area contributed by atoms with Crippen molar-refractivity contribution in [1.29, 1.82) is 0 Å². The molecular formula is C14H33N3. The van der Waals surface area contributed by atoms with Crippen molar-refractivity contribution in [3.05, 3.63) is 0 Å². The minimum Gasteiger partial charge on any atom is -0.328 e. The topological polar surface area (TPSA) is 32.5 Å². The van der Waals surface area contributed by atoms with Crippen LogP contribution in [-0.4, -0.2) is 56.1 Å². The number of nitrogens with zero attached hydrogens (tertiary/aromatic N) is 2. The molecule has 0 amide bonds. The molecule has 0 radical (unpaired) electrons. The van der Waals surface area contributed by atoms with Crippen molar-refractivity contribution in [2.45, 2.75) is 46.1 Å². The van der Waals surface area contributed by atoms with Crippen LogP contribution >= 0.6 is 0 Å². The molecular weight excluding hydrogens is 210 g/mol. The quantitative estimate of drug-likeness (QED) is 0.637. The minimum absolute atomic E-state index is 0.393. The lowest BCUT2D eigenvalue weighted by atomic mass is 10.1. The normalized spacial score (nSPS) is 13.9. The summed E-state index contributed by atoms with van der Waals surface area (Å²) in [6, 6.07) is 0.393. The second-order valence-corrected chi connectivity index (χ2v) is 5.81. The largest absolute Gasteiger partial charge is 0.328 e. The van der Waals surface area contributed by atoms with E-state index in [4.69, 9.17) is 5.73 Å². The molecule has 0 spiro atoms. The third-order valence-electron chi connectivity index (χ3n) is 3.06. The molecule has 3 nitrogen and oxygen atoms in total. The van der Waals surface area contributed by atoms with E-state index in [1.54, 1.807) is 0 Å². The molecule has 104 valence electrons. The first-order valence-corrected chi connectivity index (χ1v) is 7.08. The summed E-state index contributed by atoms with van der Waals surface area (Å²) in [5.41, 5.74) is 5.96. The maximum absolute atomic E-state index is 5.96. The van der Waals surface area contributed by atoms with Gasteiger partial charge in [-0.3, -0.25) is 0 Å². The van der Waals surface area contributed by atoms with Crippen LogP contribution in [0.4, 0.5) is 0 Å². The lowest BCUT2D eigenvalue weighted by Gasteiger charge is -2.26. The van der Waals surface area contributed by atoms with Gasteiger partial charge in [-0.2, -0.15) is 0 Å². The van der Waals surface area contributed by atoms with Crippen molar-refractivity contribution < 1.29 is 0 Å². The average molecular weight is 243 g/mol. The molecule has 0 aliphatic rings. The predicted octanol–water partition coefficient (Wildman–Crippen LogP) is 2.02.